The number of hydrogen-bond acceptors (Lipinski definition) is 3. The van der Waals surface area contributed by atoms with Crippen molar-refractivity contribution in [2.75, 3.05) is 6.61 Å². The molecule has 5 nitrogen and oxygen atoms in total. The number of rotatable bonds is 9. The Kier molecular flexibility index (Phi) is 9.37. The van der Waals surface area contributed by atoms with Crippen LogP contribution >= 0.6 is 0 Å². The molecule has 0 aromatic heterocycles. The Balaban J connectivity index is 1.91. The second-order valence-corrected chi connectivity index (χ2v) is 12.0. The molecule has 3 rings (SSSR count). The summed E-state index contributed by atoms with van der Waals surface area (Å²) in [5, 5.41) is 3.10. The topological polar surface area (TPSA) is 58.6 Å². The first-order valence-corrected chi connectivity index (χ1v) is 13.3. The normalized spacial score (nSPS) is 12.5. The Bertz CT molecular complexity index is 1210. The maximum atomic E-state index is 13.8. The smallest absolute Gasteiger partial charge is 0.261 e. The molecule has 3 aromatic rings. The molecule has 0 unspecified atom stereocenters. The van der Waals surface area contributed by atoms with Crippen LogP contribution in [0, 0.1) is 6.92 Å². The van der Waals surface area contributed by atoms with Crippen LogP contribution in [0.3, 0.4) is 0 Å². The molecule has 0 heterocycles. The van der Waals surface area contributed by atoms with Crippen molar-refractivity contribution in [3.63, 3.8) is 0 Å². The van der Waals surface area contributed by atoms with Gasteiger partial charge in [-0.1, -0.05) is 87.5 Å². The predicted molar refractivity (Wildman–Crippen MR) is 154 cm³/mol. The SMILES string of the molecule is Cc1ccccc1CN(C(=O)COc1ccc(C(C)(C)C)cc1)[C@H](Cc1ccccc1)C(=O)NC(C)(C)C. The van der Waals surface area contributed by atoms with E-state index in [-0.39, 0.29) is 23.8 Å². The summed E-state index contributed by atoms with van der Waals surface area (Å²) in [5.41, 5.74) is 3.84. The standard InChI is InChI=1S/C33H42N2O3/c1-24-13-11-12-16-26(24)22-35(30(36)23-38-28-19-17-27(18-20-28)32(2,3)4)29(31(37)34-33(5,6)7)21-25-14-9-8-10-15-25/h8-20,29H,21-23H2,1-7H3,(H,34,37)/t29-/m1/s1. The highest BCUT2D eigenvalue weighted by Crippen LogP contribution is 2.24. The lowest BCUT2D eigenvalue weighted by molar-refractivity contribution is -0.143. The molecule has 0 fully saturated rings. The Morgan fingerprint density at radius 2 is 1.45 bits per heavy atom. The highest BCUT2D eigenvalue weighted by atomic mass is 16.5. The zero-order valence-corrected chi connectivity index (χ0v) is 23.9. The van der Waals surface area contributed by atoms with Crippen molar-refractivity contribution in [3.05, 3.63) is 101 Å². The van der Waals surface area contributed by atoms with Crippen LogP contribution in [-0.4, -0.2) is 34.9 Å². The molecule has 0 aliphatic rings. The van der Waals surface area contributed by atoms with E-state index in [1.54, 1.807) is 4.90 Å². The van der Waals surface area contributed by atoms with Gasteiger partial charge in [-0.15, -0.1) is 0 Å². The van der Waals surface area contributed by atoms with Gasteiger partial charge < -0.3 is 15.0 Å². The fourth-order valence-corrected chi connectivity index (χ4v) is 4.26. The second kappa shape index (κ2) is 12.3. The summed E-state index contributed by atoms with van der Waals surface area (Å²) in [7, 11) is 0. The van der Waals surface area contributed by atoms with Gasteiger partial charge in [0.15, 0.2) is 6.61 Å². The van der Waals surface area contributed by atoms with Gasteiger partial charge in [-0.05, 0) is 67.5 Å². The molecule has 0 saturated carbocycles. The van der Waals surface area contributed by atoms with Crippen molar-refractivity contribution in [1.82, 2.24) is 10.2 Å². The van der Waals surface area contributed by atoms with Crippen molar-refractivity contribution in [3.8, 4) is 5.75 Å². The number of nitrogens with one attached hydrogen (secondary N) is 1. The van der Waals surface area contributed by atoms with E-state index in [1.807, 2.05) is 107 Å². The van der Waals surface area contributed by atoms with Crippen LogP contribution in [0.2, 0.25) is 0 Å². The molecule has 0 aliphatic carbocycles. The van der Waals surface area contributed by atoms with E-state index in [9.17, 15) is 9.59 Å². The van der Waals surface area contributed by atoms with Gasteiger partial charge in [0.1, 0.15) is 11.8 Å². The Labute approximate surface area is 228 Å². The van der Waals surface area contributed by atoms with Gasteiger partial charge in [-0.2, -0.15) is 0 Å². The number of amides is 2. The number of carbonyl (C=O) groups excluding carboxylic acids is 2. The van der Waals surface area contributed by atoms with Crippen LogP contribution in [0.25, 0.3) is 0 Å². The van der Waals surface area contributed by atoms with Gasteiger partial charge in [0, 0.05) is 18.5 Å². The van der Waals surface area contributed by atoms with Crippen LogP contribution in [0.1, 0.15) is 63.8 Å². The molecule has 0 spiro atoms. The van der Waals surface area contributed by atoms with E-state index < -0.39 is 11.6 Å². The molecule has 2 amide bonds. The summed E-state index contributed by atoms with van der Waals surface area (Å²) < 4.78 is 5.94. The van der Waals surface area contributed by atoms with Crippen LogP contribution < -0.4 is 10.1 Å². The number of aryl methyl sites for hydroxylation is 1. The van der Waals surface area contributed by atoms with Gasteiger partial charge in [-0.25, -0.2) is 0 Å². The van der Waals surface area contributed by atoms with Crippen LogP contribution in [0.15, 0.2) is 78.9 Å². The molecule has 1 atom stereocenters. The maximum absolute atomic E-state index is 13.8. The van der Waals surface area contributed by atoms with E-state index >= 15 is 0 Å². The van der Waals surface area contributed by atoms with Gasteiger partial charge in [-0.3, -0.25) is 9.59 Å². The average Bonchev–Trinajstić information content (AvgIpc) is 2.85. The summed E-state index contributed by atoms with van der Waals surface area (Å²) in [6, 6.07) is 24.9. The lowest BCUT2D eigenvalue weighted by Crippen LogP contribution is -2.55. The zero-order chi connectivity index (χ0) is 27.9. The number of nitrogens with zero attached hydrogens (tertiary/aromatic N) is 1. The molecule has 1 N–H and O–H groups in total. The zero-order valence-electron chi connectivity index (χ0n) is 23.9. The van der Waals surface area contributed by atoms with Crippen LogP contribution in [-0.2, 0) is 28.0 Å². The van der Waals surface area contributed by atoms with Gasteiger partial charge >= 0.3 is 0 Å². The first-order chi connectivity index (χ1) is 17.8. The monoisotopic (exact) mass is 514 g/mol. The predicted octanol–water partition coefficient (Wildman–Crippen LogP) is 6.23. The number of carbonyl (C=O) groups is 2. The molecule has 5 heteroatoms. The summed E-state index contributed by atoms with van der Waals surface area (Å²) >= 11 is 0. The third-order valence-electron chi connectivity index (χ3n) is 6.45. The second-order valence-electron chi connectivity index (χ2n) is 12.0. The van der Waals surface area contributed by atoms with Crippen LogP contribution in [0.5, 0.6) is 5.75 Å². The lowest BCUT2D eigenvalue weighted by Gasteiger charge is -2.34. The molecular formula is C33H42N2O3. The largest absolute Gasteiger partial charge is 0.484 e. The molecule has 202 valence electrons. The maximum Gasteiger partial charge on any atom is 0.261 e. The van der Waals surface area contributed by atoms with E-state index in [1.165, 1.54) is 5.56 Å². The molecule has 38 heavy (non-hydrogen) atoms. The van der Waals surface area contributed by atoms with E-state index in [4.69, 9.17) is 4.74 Å². The van der Waals surface area contributed by atoms with Gasteiger partial charge in [0.25, 0.3) is 5.91 Å². The highest BCUT2D eigenvalue weighted by Gasteiger charge is 2.32. The molecule has 3 aromatic carbocycles. The van der Waals surface area contributed by atoms with Crippen molar-refractivity contribution in [1.29, 1.82) is 0 Å². The van der Waals surface area contributed by atoms with Crippen LogP contribution in [0.4, 0.5) is 0 Å². The van der Waals surface area contributed by atoms with E-state index in [0.29, 0.717) is 18.7 Å². The van der Waals surface area contributed by atoms with E-state index in [2.05, 4.69) is 26.1 Å². The summed E-state index contributed by atoms with van der Waals surface area (Å²) in [6.07, 6.45) is 0.403. The minimum Gasteiger partial charge on any atom is -0.484 e. The number of hydrogen-bond donors (Lipinski definition) is 1. The molecular weight excluding hydrogens is 472 g/mol. The highest BCUT2D eigenvalue weighted by molar-refractivity contribution is 5.89. The number of ether oxygens (including phenoxy) is 1. The van der Waals surface area contributed by atoms with Gasteiger partial charge in [0.05, 0.1) is 0 Å². The minimum atomic E-state index is -0.699. The summed E-state index contributed by atoms with van der Waals surface area (Å²) in [6.45, 7) is 14.5. The summed E-state index contributed by atoms with van der Waals surface area (Å²) in [5.74, 6) is 0.205. The molecule has 0 bridgehead atoms. The first kappa shape index (κ1) is 29.0. The first-order valence-electron chi connectivity index (χ1n) is 13.3. The average molecular weight is 515 g/mol. The lowest BCUT2D eigenvalue weighted by atomic mass is 9.87. The fraction of sp³-hybridized carbons (Fsp3) is 0.394. The Morgan fingerprint density at radius 1 is 0.842 bits per heavy atom. The van der Waals surface area contributed by atoms with Crippen molar-refractivity contribution in [2.24, 2.45) is 0 Å². The summed E-state index contributed by atoms with van der Waals surface area (Å²) in [4.78, 5) is 29.1. The Hall–Kier alpha value is -3.60. The van der Waals surface area contributed by atoms with Crippen molar-refractivity contribution in [2.45, 2.75) is 78.4 Å². The van der Waals surface area contributed by atoms with Crippen molar-refractivity contribution >= 4 is 11.8 Å². The third kappa shape index (κ3) is 8.47. The number of benzene rings is 3. The van der Waals surface area contributed by atoms with E-state index in [0.717, 1.165) is 16.7 Å². The van der Waals surface area contributed by atoms with Crippen molar-refractivity contribution < 1.29 is 14.3 Å². The van der Waals surface area contributed by atoms with Gasteiger partial charge in [0.2, 0.25) is 5.91 Å². The quantitative estimate of drug-likeness (QED) is 0.368. The third-order valence-corrected chi connectivity index (χ3v) is 6.45. The minimum absolute atomic E-state index is 0.0315. The molecule has 0 saturated heterocycles. The Morgan fingerprint density at radius 3 is 2.03 bits per heavy atom. The molecule has 0 aliphatic heterocycles. The molecule has 0 radical (unpaired) electrons. The fourth-order valence-electron chi connectivity index (χ4n) is 4.26.